The number of hydrogen-bond donors (Lipinski definition) is 0. The summed E-state index contributed by atoms with van der Waals surface area (Å²) in [5.74, 6) is 1.02. The van der Waals surface area contributed by atoms with E-state index >= 15 is 0 Å². The van der Waals surface area contributed by atoms with Crippen molar-refractivity contribution in [1.29, 1.82) is 0 Å². The van der Waals surface area contributed by atoms with Crippen LogP contribution in [0.25, 0.3) is 0 Å². The van der Waals surface area contributed by atoms with E-state index in [1.807, 2.05) is 0 Å². The van der Waals surface area contributed by atoms with Crippen LogP contribution in [0.15, 0.2) is 30.3 Å². The van der Waals surface area contributed by atoms with Gasteiger partial charge in [0.15, 0.2) is 5.82 Å². The van der Waals surface area contributed by atoms with Crippen molar-refractivity contribution in [3.8, 4) is 0 Å². The zero-order valence-corrected chi connectivity index (χ0v) is 15.1. The van der Waals surface area contributed by atoms with Gasteiger partial charge in [0.05, 0.1) is 12.1 Å². The van der Waals surface area contributed by atoms with Crippen LogP contribution in [0.4, 0.5) is 0 Å². The minimum absolute atomic E-state index is 0.149. The van der Waals surface area contributed by atoms with E-state index in [4.69, 9.17) is 0 Å². The molecule has 2 aliphatic rings. The second kappa shape index (κ2) is 7.62. The van der Waals surface area contributed by atoms with Gasteiger partial charge in [-0.3, -0.25) is 4.90 Å². The van der Waals surface area contributed by atoms with Gasteiger partial charge in [-0.2, -0.15) is 0 Å². The Bertz CT molecular complexity index is 656. The van der Waals surface area contributed by atoms with Crippen LogP contribution in [0.2, 0.25) is 0 Å². The third-order valence-corrected chi connectivity index (χ3v) is 5.77. The number of piperazine rings is 1. The maximum atomic E-state index is 4.50. The summed E-state index contributed by atoms with van der Waals surface area (Å²) in [5.41, 5.74) is 1.29. The van der Waals surface area contributed by atoms with Crippen LogP contribution in [-0.4, -0.2) is 62.7 Å². The molecular weight excluding hydrogens is 312 g/mol. The molecule has 0 spiro atoms. The van der Waals surface area contributed by atoms with E-state index in [2.05, 4.69) is 67.3 Å². The van der Waals surface area contributed by atoms with Crippen LogP contribution >= 0.6 is 0 Å². The van der Waals surface area contributed by atoms with Gasteiger partial charge in [0.1, 0.15) is 0 Å². The molecule has 0 amide bonds. The van der Waals surface area contributed by atoms with Gasteiger partial charge in [0.2, 0.25) is 0 Å². The van der Waals surface area contributed by atoms with Gasteiger partial charge >= 0.3 is 0 Å². The lowest BCUT2D eigenvalue weighted by molar-refractivity contribution is 0.107. The molecule has 6 heteroatoms. The minimum atomic E-state index is 0.149. The number of rotatable bonds is 5. The Morgan fingerprint density at radius 2 is 1.76 bits per heavy atom. The van der Waals surface area contributed by atoms with Gasteiger partial charge in [-0.25, -0.2) is 4.68 Å². The molecule has 4 rings (SSSR count). The fraction of sp³-hybridized carbons (Fsp3) is 0.632. The summed E-state index contributed by atoms with van der Waals surface area (Å²) in [6.07, 6.45) is 4.97. The highest BCUT2D eigenvalue weighted by molar-refractivity contribution is 5.25. The zero-order valence-electron chi connectivity index (χ0n) is 15.1. The van der Waals surface area contributed by atoms with Gasteiger partial charge in [-0.15, -0.1) is 5.10 Å². The molecule has 1 aromatic heterocycles. The first-order chi connectivity index (χ1) is 12.4. The van der Waals surface area contributed by atoms with E-state index < -0.39 is 0 Å². The number of aromatic nitrogens is 4. The fourth-order valence-corrected chi connectivity index (χ4v) is 4.29. The van der Waals surface area contributed by atoms with E-state index in [1.165, 1.54) is 31.2 Å². The zero-order chi connectivity index (χ0) is 17.1. The molecule has 25 heavy (non-hydrogen) atoms. The number of likely N-dealkylation sites (N-methyl/N-ethyl adjacent to an activating group) is 1. The molecular formula is C19H28N6. The first kappa shape index (κ1) is 16.7. The molecule has 1 aliphatic heterocycles. The lowest BCUT2D eigenvalue weighted by Crippen LogP contribution is -2.48. The summed E-state index contributed by atoms with van der Waals surface area (Å²) >= 11 is 0. The van der Waals surface area contributed by atoms with Crippen LogP contribution in [0, 0.1) is 0 Å². The molecule has 0 unspecified atom stereocenters. The van der Waals surface area contributed by atoms with Crippen molar-refractivity contribution in [2.24, 2.45) is 0 Å². The lowest BCUT2D eigenvalue weighted by atomic mass is 10.0. The maximum absolute atomic E-state index is 4.50. The normalized spacial score (nSPS) is 21.6. The SMILES string of the molecule is CCN1CCN([C@@H](c2ccccc2)c2nnnn2C2CCCC2)CC1. The maximum Gasteiger partial charge on any atom is 0.173 e. The van der Waals surface area contributed by atoms with E-state index in [1.54, 1.807) is 0 Å². The molecule has 1 aromatic carbocycles. The van der Waals surface area contributed by atoms with Crippen molar-refractivity contribution in [2.45, 2.75) is 44.7 Å². The smallest absolute Gasteiger partial charge is 0.173 e. The first-order valence-electron chi connectivity index (χ1n) is 9.66. The Labute approximate surface area is 149 Å². The third kappa shape index (κ3) is 3.46. The van der Waals surface area contributed by atoms with Crippen LogP contribution < -0.4 is 0 Å². The van der Waals surface area contributed by atoms with Gasteiger partial charge < -0.3 is 4.90 Å². The van der Waals surface area contributed by atoms with Crippen molar-refractivity contribution in [3.05, 3.63) is 41.7 Å². The quantitative estimate of drug-likeness (QED) is 0.837. The molecule has 2 aromatic rings. The van der Waals surface area contributed by atoms with Crippen LogP contribution in [0.5, 0.6) is 0 Å². The molecule has 1 saturated heterocycles. The standard InChI is InChI=1S/C19H28N6/c1-2-23-12-14-24(15-13-23)18(16-8-4-3-5-9-16)19-20-21-22-25(19)17-10-6-7-11-17/h3-5,8-9,17-18H,2,6-7,10-15H2,1H3/t18-/m0/s1. The van der Waals surface area contributed by atoms with Crippen molar-refractivity contribution in [1.82, 2.24) is 30.0 Å². The van der Waals surface area contributed by atoms with E-state index in [0.29, 0.717) is 6.04 Å². The van der Waals surface area contributed by atoms with E-state index in [0.717, 1.165) is 38.5 Å². The van der Waals surface area contributed by atoms with Gasteiger partial charge in [0, 0.05) is 26.2 Å². The topological polar surface area (TPSA) is 50.1 Å². The molecule has 1 aliphatic carbocycles. The highest BCUT2D eigenvalue weighted by Gasteiger charge is 2.32. The molecule has 1 saturated carbocycles. The number of tetrazole rings is 1. The average molecular weight is 340 g/mol. The Morgan fingerprint density at radius 3 is 2.44 bits per heavy atom. The van der Waals surface area contributed by atoms with Crippen LogP contribution in [0.3, 0.4) is 0 Å². The highest BCUT2D eigenvalue weighted by atomic mass is 15.6. The summed E-state index contributed by atoms with van der Waals surface area (Å²) in [6, 6.07) is 11.4. The molecule has 2 heterocycles. The van der Waals surface area contributed by atoms with Crippen molar-refractivity contribution >= 4 is 0 Å². The van der Waals surface area contributed by atoms with Gasteiger partial charge in [0.25, 0.3) is 0 Å². The second-order valence-corrected chi connectivity index (χ2v) is 7.20. The summed E-state index contributed by atoms with van der Waals surface area (Å²) in [5, 5.41) is 13.0. The molecule has 134 valence electrons. The van der Waals surface area contributed by atoms with E-state index in [-0.39, 0.29) is 6.04 Å². The van der Waals surface area contributed by atoms with Crippen LogP contribution in [-0.2, 0) is 0 Å². The van der Waals surface area contributed by atoms with Gasteiger partial charge in [-0.1, -0.05) is 50.1 Å². The predicted molar refractivity (Wildman–Crippen MR) is 97.3 cm³/mol. The first-order valence-corrected chi connectivity index (χ1v) is 9.66. The highest BCUT2D eigenvalue weighted by Crippen LogP contribution is 2.34. The van der Waals surface area contributed by atoms with Crippen molar-refractivity contribution < 1.29 is 0 Å². The Hall–Kier alpha value is -1.79. The monoisotopic (exact) mass is 340 g/mol. The van der Waals surface area contributed by atoms with Crippen molar-refractivity contribution in [2.75, 3.05) is 32.7 Å². The Kier molecular flexibility index (Phi) is 5.08. The van der Waals surface area contributed by atoms with E-state index in [9.17, 15) is 0 Å². The number of hydrogen-bond acceptors (Lipinski definition) is 5. The molecule has 0 N–H and O–H groups in total. The van der Waals surface area contributed by atoms with Crippen LogP contribution in [0.1, 0.15) is 56.1 Å². The molecule has 2 fully saturated rings. The third-order valence-electron chi connectivity index (χ3n) is 5.77. The minimum Gasteiger partial charge on any atom is -0.301 e. The van der Waals surface area contributed by atoms with Crippen molar-refractivity contribution in [3.63, 3.8) is 0 Å². The molecule has 0 radical (unpaired) electrons. The number of nitrogens with zero attached hydrogens (tertiary/aromatic N) is 6. The Morgan fingerprint density at radius 1 is 1.04 bits per heavy atom. The largest absolute Gasteiger partial charge is 0.301 e. The summed E-state index contributed by atoms with van der Waals surface area (Å²) in [6.45, 7) is 7.72. The average Bonchev–Trinajstić information content (AvgIpc) is 3.35. The Balaban J connectivity index is 1.66. The molecule has 6 nitrogen and oxygen atoms in total. The van der Waals surface area contributed by atoms with Gasteiger partial charge in [-0.05, 0) is 35.4 Å². The second-order valence-electron chi connectivity index (χ2n) is 7.20. The number of benzene rings is 1. The fourth-order valence-electron chi connectivity index (χ4n) is 4.29. The molecule has 1 atom stereocenters. The molecule has 0 bridgehead atoms. The lowest BCUT2D eigenvalue weighted by Gasteiger charge is -2.38. The summed E-state index contributed by atoms with van der Waals surface area (Å²) < 4.78 is 2.12. The summed E-state index contributed by atoms with van der Waals surface area (Å²) in [7, 11) is 0. The summed E-state index contributed by atoms with van der Waals surface area (Å²) in [4.78, 5) is 5.07. The predicted octanol–water partition coefficient (Wildman–Crippen LogP) is 2.52.